The predicted molar refractivity (Wildman–Crippen MR) is 66.9 cm³/mol. The Morgan fingerprint density at radius 1 is 1.35 bits per heavy atom. The molecule has 0 saturated heterocycles. The highest BCUT2D eigenvalue weighted by atomic mass is 35.5. The van der Waals surface area contributed by atoms with Crippen LogP contribution in [0.25, 0.3) is 0 Å². The molecule has 90 valence electrons. The second-order valence-electron chi connectivity index (χ2n) is 4.01. The third-order valence-corrected chi connectivity index (χ3v) is 3.63. The fraction of sp³-hybridized carbons (Fsp3) is 0.333. The zero-order chi connectivity index (χ0) is 12.6. The van der Waals surface area contributed by atoms with Crippen LogP contribution < -0.4 is 0 Å². The first kappa shape index (κ1) is 12.4. The largest absolute Gasteiger partial charge is 0.469 e. The molecular weight excluding hydrogens is 261 g/mol. The molecule has 1 aliphatic rings. The maximum Gasteiger partial charge on any atom is 0.309 e. The molecule has 3 nitrogen and oxygen atoms in total. The van der Waals surface area contributed by atoms with Gasteiger partial charge in [-0.25, -0.2) is 0 Å². The summed E-state index contributed by atoms with van der Waals surface area (Å²) in [4.78, 5) is 11.3. The van der Waals surface area contributed by atoms with E-state index in [1.165, 1.54) is 7.11 Å². The van der Waals surface area contributed by atoms with Crippen LogP contribution in [0.5, 0.6) is 0 Å². The van der Waals surface area contributed by atoms with E-state index >= 15 is 0 Å². The highest BCUT2D eigenvalue weighted by molar-refractivity contribution is 6.42. The molecule has 2 rings (SSSR count). The Kier molecular flexibility index (Phi) is 3.40. The molecule has 17 heavy (non-hydrogen) atoms. The molecule has 1 aliphatic carbocycles. The van der Waals surface area contributed by atoms with Crippen molar-refractivity contribution >= 4 is 34.9 Å². The van der Waals surface area contributed by atoms with Gasteiger partial charge in [-0.15, -0.1) is 0 Å². The van der Waals surface area contributed by atoms with Gasteiger partial charge in [-0.3, -0.25) is 4.79 Å². The summed E-state index contributed by atoms with van der Waals surface area (Å²) < 4.78 is 4.65. The summed E-state index contributed by atoms with van der Waals surface area (Å²) in [6, 6.07) is 5.05. The summed E-state index contributed by atoms with van der Waals surface area (Å²) in [6.07, 6.45) is 0.672. The number of hydrogen-bond donors (Lipinski definition) is 1. The Hall–Kier alpha value is -1.06. The molecule has 1 aromatic carbocycles. The molecule has 0 bridgehead atoms. The number of halogens is 2. The van der Waals surface area contributed by atoms with Crippen LogP contribution >= 0.6 is 23.2 Å². The van der Waals surface area contributed by atoms with Gasteiger partial charge in [-0.2, -0.15) is 0 Å². The lowest BCUT2D eigenvalue weighted by Crippen LogP contribution is -2.10. The van der Waals surface area contributed by atoms with Crippen molar-refractivity contribution in [1.82, 2.24) is 0 Å². The summed E-state index contributed by atoms with van der Waals surface area (Å²) in [5, 5.41) is 8.89. The number of carbonyl (C=O) groups excluding carboxylic acids is 1. The van der Waals surface area contributed by atoms with Crippen LogP contribution in [0.1, 0.15) is 12.0 Å². The number of methoxy groups -OCH3 is 1. The van der Waals surface area contributed by atoms with Crippen LogP contribution in [-0.4, -0.2) is 18.8 Å². The van der Waals surface area contributed by atoms with Gasteiger partial charge in [-0.1, -0.05) is 29.3 Å². The Labute approximate surface area is 109 Å². The molecule has 1 saturated carbocycles. The standard InChI is InChI=1S/C12H11Cl2NO2/c1-17-12(16)8-5-7(8)11(15)6-2-3-9(13)10(14)4-6/h2-4,7-8,15H,5H2,1H3/t7?,8-/m0/s1. The van der Waals surface area contributed by atoms with Crippen LogP contribution in [0.2, 0.25) is 10.0 Å². The Bertz CT molecular complexity index is 487. The first-order valence-corrected chi connectivity index (χ1v) is 5.92. The summed E-state index contributed by atoms with van der Waals surface area (Å²) in [5.41, 5.74) is 1.12. The molecule has 0 amide bonds. The average molecular weight is 272 g/mol. The number of esters is 1. The van der Waals surface area contributed by atoms with Crippen molar-refractivity contribution in [2.45, 2.75) is 6.42 Å². The van der Waals surface area contributed by atoms with E-state index in [9.17, 15) is 4.79 Å². The maximum atomic E-state index is 11.3. The number of hydrogen-bond acceptors (Lipinski definition) is 3. The van der Waals surface area contributed by atoms with Gasteiger partial charge >= 0.3 is 5.97 Å². The second-order valence-corrected chi connectivity index (χ2v) is 4.83. The zero-order valence-electron chi connectivity index (χ0n) is 9.17. The van der Waals surface area contributed by atoms with Crippen molar-refractivity contribution in [3.63, 3.8) is 0 Å². The van der Waals surface area contributed by atoms with E-state index in [1.54, 1.807) is 18.2 Å². The van der Waals surface area contributed by atoms with E-state index in [4.69, 9.17) is 28.6 Å². The van der Waals surface area contributed by atoms with Gasteiger partial charge in [0.05, 0.1) is 23.1 Å². The minimum Gasteiger partial charge on any atom is -0.469 e. The van der Waals surface area contributed by atoms with E-state index < -0.39 is 0 Å². The van der Waals surface area contributed by atoms with E-state index in [2.05, 4.69) is 4.74 Å². The first-order valence-electron chi connectivity index (χ1n) is 5.16. The van der Waals surface area contributed by atoms with Crippen molar-refractivity contribution in [3.05, 3.63) is 33.8 Å². The van der Waals surface area contributed by atoms with Crippen LogP contribution in [0.15, 0.2) is 18.2 Å². The summed E-state index contributed by atoms with van der Waals surface area (Å²) in [5.74, 6) is -0.485. The lowest BCUT2D eigenvalue weighted by molar-refractivity contribution is -0.142. The molecule has 5 heteroatoms. The molecule has 0 aliphatic heterocycles. The van der Waals surface area contributed by atoms with Gasteiger partial charge in [-0.05, 0) is 24.1 Å². The lowest BCUT2D eigenvalue weighted by atomic mass is 10.1. The molecule has 0 radical (unpaired) electrons. The molecule has 1 N–H and O–H groups in total. The van der Waals surface area contributed by atoms with Gasteiger partial charge < -0.3 is 10.1 Å². The van der Waals surface area contributed by atoms with E-state index in [1.807, 2.05) is 0 Å². The molecule has 0 heterocycles. The smallest absolute Gasteiger partial charge is 0.309 e. The van der Waals surface area contributed by atoms with Crippen LogP contribution in [0.4, 0.5) is 0 Å². The maximum absolute atomic E-state index is 11.3. The van der Waals surface area contributed by atoms with Crippen molar-refractivity contribution in [2.75, 3.05) is 7.11 Å². The van der Waals surface area contributed by atoms with Gasteiger partial charge in [0.15, 0.2) is 0 Å². The van der Waals surface area contributed by atoms with E-state index in [0.717, 1.165) is 0 Å². The zero-order valence-corrected chi connectivity index (χ0v) is 10.7. The number of benzene rings is 1. The molecule has 2 atom stereocenters. The highest BCUT2D eigenvalue weighted by Gasteiger charge is 2.46. The first-order chi connectivity index (χ1) is 8.04. The van der Waals surface area contributed by atoms with Gasteiger partial charge in [0, 0.05) is 11.6 Å². The van der Waals surface area contributed by atoms with Crippen molar-refractivity contribution in [2.24, 2.45) is 11.8 Å². The fourth-order valence-corrected chi connectivity index (χ4v) is 2.10. The van der Waals surface area contributed by atoms with Crippen LogP contribution in [-0.2, 0) is 9.53 Å². The number of ether oxygens (including phenoxy) is 1. The quantitative estimate of drug-likeness (QED) is 0.678. The van der Waals surface area contributed by atoms with Gasteiger partial charge in [0.1, 0.15) is 0 Å². The van der Waals surface area contributed by atoms with E-state index in [0.29, 0.717) is 27.7 Å². The Morgan fingerprint density at radius 3 is 2.65 bits per heavy atom. The van der Waals surface area contributed by atoms with Crippen LogP contribution in [0, 0.1) is 17.2 Å². The van der Waals surface area contributed by atoms with Crippen molar-refractivity contribution in [3.8, 4) is 0 Å². The SMILES string of the molecule is COC(=O)[C@H]1CC1C(=N)c1ccc(Cl)c(Cl)c1. The minimum absolute atomic E-state index is 0.0558. The molecule has 1 fully saturated rings. The molecular formula is C12H11Cl2NO2. The molecule has 0 spiro atoms. The molecule has 0 aromatic heterocycles. The predicted octanol–water partition coefficient (Wildman–Crippen LogP) is 3.17. The number of nitrogens with one attached hydrogen (secondary N) is 1. The number of rotatable bonds is 3. The topological polar surface area (TPSA) is 50.2 Å². The molecule has 1 unspecified atom stereocenters. The second kappa shape index (κ2) is 4.67. The Morgan fingerprint density at radius 2 is 2.06 bits per heavy atom. The van der Waals surface area contributed by atoms with Gasteiger partial charge in [0.2, 0.25) is 0 Å². The normalized spacial score (nSPS) is 22.1. The van der Waals surface area contributed by atoms with Crippen LogP contribution in [0.3, 0.4) is 0 Å². The average Bonchev–Trinajstić information content (AvgIpc) is 3.11. The fourth-order valence-electron chi connectivity index (χ4n) is 1.80. The lowest BCUT2D eigenvalue weighted by Gasteiger charge is -2.04. The monoisotopic (exact) mass is 271 g/mol. The van der Waals surface area contributed by atoms with Crippen molar-refractivity contribution in [1.29, 1.82) is 5.41 Å². The Balaban J connectivity index is 2.12. The minimum atomic E-state index is -0.250. The van der Waals surface area contributed by atoms with Gasteiger partial charge in [0.25, 0.3) is 0 Å². The van der Waals surface area contributed by atoms with E-state index in [-0.39, 0.29) is 17.8 Å². The summed E-state index contributed by atoms with van der Waals surface area (Å²) in [7, 11) is 1.36. The summed E-state index contributed by atoms with van der Waals surface area (Å²) in [6.45, 7) is 0. The summed E-state index contributed by atoms with van der Waals surface area (Å²) >= 11 is 11.7. The highest BCUT2D eigenvalue weighted by Crippen LogP contribution is 2.42. The van der Waals surface area contributed by atoms with Crippen molar-refractivity contribution < 1.29 is 9.53 Å². The number of carbonyl (C=O) groups is 1. The third kappa shape index (κ3) is 2.45. The third-order valence-electron chi connectivity index (χ3n) is 2.90. The molecule has 1 aromatic rings.